The minimum atomic E-state index is -1.84. The summed E-state index contributed by atoms with van der Waals surface area (Å²) >= 11 is 0. The molecule has 1 unspecified atom stereocenters. The Labute approximate surface area is 146 Å². The fourth-order valence-corrected chi connectivity index (χ4v) is 4.16. The van der Waals surface area contributed by atoms with Crippen molar-refractivity contribution < 1.29 is 19.4 Å². The van der Waals surface area contributed by atoms with Gasteiger partial charge in [0.25, 0.3) is 0 Å². The van der Waals surface area contributed by atoms with Crippen molar-refractivity contribution in [3.05, 3.63) is 52.6 Å². The van der Waals surface area contributed by atoms with Gasteiger partial charge in [-0.2, -0.15) is 0 Å². The van der Waals surface area contributed by atoms with Gasteiger partial charge in [-0.15, -0.1) is 0 Å². The van der Waals surface area contributed by atoms with Crippen molar-refractivity contribution in [3.8, 4) is 0 Å². The van der Waals surface area contributed by atoms with Crippen LogP contribution in [0.5, 0.6) is 0 Å². The number of hydrogen-bond acceptors (Lipinski definition) is 4. The summed E-state index contributed by atoms with van der Waals surface area (Å²) in [6, 6.07) is 9.67. The molecule has 25 heavy (non-hydrogen) atoms. The van der Waals surface area contributed by atoms with Crippen LogP contribution in [0.2, 0.25) is 0 Å². The van der Waals surface area contributed by atoms with Crippen LogP contribution in [0.3, 0.4) is 0 Å². The largest absolute Gasteiger partial charge is 0.492 e. The third kappa shape index (κ3) is 2.10. The van der Waals surface area contributed by atoms with E-state index in [9.17, 15) is 14.7 Å². The molecule has 2 aromatic carbocycles. The van der Waals surface area contributed by atoms with Gasteiger partial charge >= 0.3 is 0 Å². The molecule has 4 nitrogen and oxygen atoms in total. The van der Waals surface area contributed by atoms with E-state index in [1.165, 1.54) is 6.92 Å². The molecule has 1 N–H and O–H groups in total. The number of ether oxygens (including phenoxy) is 1. The van der Waals surface area contributed by atoms with Crippen molar-refractivity contribution in [2.24, 2.45) is 5.92 Å². The van der Waals surface area contributed by atoms with Gasteiger partial charge in [0, 0.05) is 29.0 Å². The van der Waals surface area contributed by atoms with Crippen molar-refractivity contribution in [1.82, 2.24) is 0 Å². The lowest BCUT2D eigenvalue weighted by molar-refractivity contribution is -0.140. The summed E-state index contributed by atoms with van der Waals surface area (Å²) in [4.78, 5) is 25.1. The minimum absolute atomic E-state index is 0.0951. The number of aliphatic hydroxyl groups is 1. The Morgan fingerprint density at radius 2 is 2.04 bits per heavy atom. The fraction of sp³-hybridized carbons (Fsp3) is 0.333. The molecule has 0 bridgehead atoms. The fourth-order valence-electron chi connectivity index (χ4n) is 4.16. The topological polar surface area (TPSA) is 63.6 Å². The molecule has 0 aromatic heterocycles. The summed E-state index contributed by atoms with van der Waals surface area (Å²) in [6.07, 6.45) is -0.227. The zero-order valence-corrected chi connectivity index (χ0v) is 14.6. The first kappa shape index (κ1) is 16.0. The van der Waals surface area contributed by atoms with Gasteiger partial charge < -0.3 is 9.84 Å². The van der Waals surface area contributed by atoms with Crippen LogP contribution in [0.1, 0.15) is 37.0 Å². The maximum atomic E-state index is 13.2. The lowest BCUT2D eigenvalue weighted by Crippen LogP contribution is -2.42. The van der Waals surface area contributed by atoms with Crippen LogP contribution < -0.4 is 0 Å². The van der Waals surface area contributed by atoms with E-state index in [2.05, 4.69) is 0 Å². The molecule has 1 aliphatic carbocycles. The molecule has 0 saturated heterocycles. The Hall–Kier alpha value is -2.46. The van der Waals surface area contributed by atoms with Crippen LogP contribution in [-0.4, -0.2) is 23.3 Å². The van der Waals surface area contributed by atoms with Crippen LogP contribution in [-0.2, 0) is 19.9 Å². The molecule has 1 aliphatic heterocycles. The minimum Gasteiger partial charge on any atom is -0.492 e. The molecule has 0 radical (unpaired) electrons. The van der Waals surface area contributed by atoms with E-state index in [4.69, 9.17) is 4.74 Å². The highest BCUT2D eigenvalue weighted by molar-refractivity contribution is 6.15. The number of carbonyl (C=O) groups excluding carboxylic acids is 2. The smallest absolute Gasteiger partial charge is 0.199 e. The van der Waals surface area contributed by atoms with Crippen LogP contribution in [0, 0.1) is 12.8 Å². The van der Waals surface area contributed by atoms with Gasteiger partial charge in [-0.1, -0.05) is 37.3 Å². The number of aryl methyl sites for hydroxylation is 1. The van der Waals surface area contributed by atoms with Gasteiger partial charge in [0.15, 0.2) is 11.4 Å². The highest BCUT2D eigenvalue weighted by atomic mass is 16.5. The normalized spacial score (nSPS) is 25.0. The molecule has 2 aromatic rings. The first-order valence-corrected chi connectivity index (χ1v) is 8.51. The standard InChI is InChI=1S/C21H20O4/c1-11-5-4-6-15-14(11)7-8-16-18(15)21(24,9-13(3)22)20(23)17-12(2)10-25-19(16)17/h4-8,12,24H,9-10H2,1-3H3/t12?,21-/m1/s1. The number of benzene rings is 2. The first-order valence-electron chi connectivity index (χ1n) is 8.51. The quantitative estimate of drug-likeness (QED) is 0.914. The molecule has 128 valence electrons. The molecule has 0 saturated carbocycles. The van der Waals surface area contributed by atoms with Crippen LogP contribution in [0.4, 0.5) is 0 Å². The van der Waals surface area contributed by atoms with E-state index in [0.717, 1.165) is 21.9 Å². The molecule has 1 heterocycles. The number of hydrogen-bond donors (Lipinski definition) is 1. The van der Waals surface area contributed by atoms with Gasteiger partial charge in [-0.3, -0.25) is 9.59 Å². The van der Waals surface area contributed by atoms with Crippen LogP contribution in [0.15, 0.2) is 35.9 Å². The first-order chi connectivity index (χ1) is 11.8. The number of fused-ring (bicyclic) bond motifs is 4. The van der Waals surface area contributed by atoms with E-state index in [-0.39, 0.29) is 18.1 Å². The molecule has 4 heteroatoms. The van der Waals surface area contributed by atoms with E-state index in [0.29, 0.717) is 23.5 Å². The summed E-state index contributed by atoms with van der Waals surface area (Å²) < 4.78 is 5.81. The van der Waals surface area contributed by atoms with Crippen molar-refractivity contribution in [2.45, 2.75) is 32.8 Å². The summed E-state index contributed by atoms with van der Waals surface area (Å²) in [7, 11) is 0. The second-order valence-electron chi connectivity index (χ2n) is 7.18. The molecule has 2 atom stereocenters. The van der Waals surface area contributed by atoms with Crippen LogP contribution >= 0.6 is 0 Å². The number of ketones is 2. The second kappa shape index (κ2) is 5.27. The second-order valence-corrected chi connectivity index (χ2v) is 7.18. The Bertz CT molecular complexity index is 969. The number of Topliss-reactive ketones (excluding diaryl/α,β-unsaturated/α-hetero) is 2. The summed E-state index contributed by atoms with van der Waals surface area (Å²) in [5.41, 5.74) is 0.944. The third-order valence-electron chi connectivity index (χ3n) is 5.28. The summed E-state index contributed by atoms with van der Waals surface area (Å²) in [6.45, 7) is 5.71. The lowest BCUT2D eigenvalue weighted by Gasteiger charge is -2.34. The maximum Gasteiger partial charge on any atom is 0.199 e. The maximum absolute atomic E-state index is 13.2. The molecule has 2 aliphatic rings. The van der Waals surface area contributed by atoms with Gasteiger partial charge in [0.2, 0.25) is 0 Å². The van der Waals surface area contributed by atoms with E-state index < -0.39 is 11.4 Å². The zero-order chi connectivity index (χ0) is 17.9. The Kier molecular flexibility index (Phi) is 3.38. The van der Waals surface area contributed by atoms with Gasteiger partial charge in [0.1, 0.15) is 11.5 Å². The van der Waals surface area contributed by atoms with Gasteiger partial charge in [0.05, 0.1) is 6.61 Å². The van der Waals surface area contributed by atoms with Gasteiger partial charge in [-0.25, -0.2) is 0 Å². The third-order valence-corrected chi connectivity index (χ3v) is 5.28. The van der Waals surface area contributed by atoms with Gasteiger partial charge in [-0.05, 0) is 30.2 Å². The van der Waals surface area contributed by atoms with Crippen molar-refractivity contribution >= 4 is 28.1 Å². The average molecular weight is 336 g/mol. The van der Waals surface area contributed by atoms with Crippen molar-refractivity contribution in [1.29, 1.82) is 0 Å². The molecule has 0 amide bonds. The Balaban J connectivity index is 2.13. The SMILES string of the molecule is CC(=O)C[C@]1(O)C(=O)C2=C(OCC2C)c2ccc3c(C)cccc3c21. The molecular formula is C21H20O4. The molecule has 0 fully saturated rings. The van der Waals surface area contributed by atoms with Crippen molar-refractivity contribution in [3.63, 3.8) is 0 Å². The molecule has 4 rings (SSSR count). The predicted octanol–water partition coefficient (Wildman–Crippen LogP) is 3.28. The Morgan fingerprint density at radius 1 is 1.28 bits per heavy atom. The van der Waals surface area contributed by atoms with E-state index in [1.54, 1.807) is 0 Å². The molecule has 0 spiro atoms. The average Bonchev–Trinajstić information content (AvgIpc) is 2.93. The predicted molar refractivity (Wildman–Crippen MR) is 94.9 cm³/mol. The monoisotopic (exact) mass is 336 g/mol. The Morgan fingerprint density at radius 3 is 2.76 bits per heavy atom. The van der Waals surface area contributed by atoms with Crippen molar-refractivity contribution in [2.75, 3.05) is 6.61 Å². The highest BCUT2D eigenvalue weighted by Crippen LogP contribution is 2.49. The highest BCUT2D eigenvalue weighted by Gasteiger charge is 2.51. The zero-order valence-electron chi connectivity index (χ0n) is 14.6. The summed E-state index contributed by atoms with van der Waals surface area (Å²) in [5, 5.41) is 13.2. The number of carbonyl (C=O) groups is 2. The lowest BCUT2D eigenvalue weighted by atomic mass is 9.71. The van der Waals surface area contributed by atoms with E-state index >= 15 is 0 Å². The van der Waals surface area contributed by atoms with E-state index in [1.807, 2.05) is 44.2 Å². The summed E-state index contributed by atoms with van der Waals surface area (Å²) in [5.74, 6) is -0.155. The molecular weight excluding hydrogens is 316 g/mol. The number of rotatable bonds is 2. The van der Waals surface area contributed by atoms with Crippen LogP contribution in [0.25, 0.3) is 16.5 Å².